The molecule has 1 aliphatic heterocycles. The maximum atomic E-state index is 11.9. The molecule has 0 radical (unpaired) electrons. The van der Waals surface area contributed by atoms with E-state index in [-0.39, 0.29) is 11.4 Å². The Labute approximate surface area is 127 Å². The van der Waals surface area contributed by atoms with Gasteiger partial charge in [0.05, 0.1) is 9.74 Å². The first kappa shape index (κ1) is 18.0. The van der Waals surface area contributed by atoms with Crippen LogP contribution in [0.4, 0.5) is 13.2 Å². The van der Waals surface area contributed by atoms with Crippen molar-refractivity contribution in [3.63, 3.8) is 0 Å². The van der Waals surface area contributed by atoms with Crippen molar-refractivity contribution in [2.75, 3.05) is 39.1 Å². The summed E-state index contributed by atoms with van der Waals surface area (Å²) in [5.74, 6) is 0. The van der Waals surface area contributed by atoms with Crippen molar-refractivity contribution in [1.29, 1.82) is 0 Å². The van der Waals surface area contributed by atoms with Gasteiger partial charge in [0.1, 0.15) is 6.61 Å². The van der Waals surface area contributed by atoms with Crippen LogP contribution in [0.2, 0.25) is 0 Å². The summed E-state index contributed by atoms with van der Waals surface area (Å²) < 4.78 is 40.1. The first-order valence-electron chi connectivity index (χ1n) is 6.51. The van der Waals surface area contributed by atoms with Crippen LogP contribution in [-0.2, 0) is 4.74 Å². The zero-order valence-electron chi connectivity index (χ0n) is 11.5. The van der Waals surface area contributed by atoms with E-state index in [0.29, 0.717) is 11.4 Å². The van der Waals surface area contributed by atoms with E-state index >= 15 is 0 Å². The van der Waals surface area contributed by atoms with Crippen LogP contribution in [-0.4, -0.2) is 59.9 Å². The van der Waals surface area contributed by atoms with Gasteiger partial charge < -0.3 is 15.4 Å². The number of halogens is 3. The molecule has 1 heterocycles. The maximum Gasteiger partial charge on any atom is 0.411 e. The number of rotatable bonds is 7. The quantitative estimate of drug-likeness (QED) is 0.573. The minimum Gasteiger partial charge on any atom is -0.392 e. The molecule has 1 aliphatic rings. The molecular formula is C12H21F3N2OS2. The number of nitrogens with two attached hydrogens (primary N) is 1. The second kappa shape index (κ2) is 7.82. The van der Waals surface area contributed by atoms with Gasteiger partial charge in [0.2, 0.25) is 0 Å². The highest BCUT2D eigenvalue weighted by atomic mass is 32.2. The summed E-state index contributed by atoms with van der Waals surface area (Å²) >= 11 is 6.83. The molecule has 0 aromatic carbocycles. The Hall–Kier alpha value is -0.0500. The second-order valence-electron chi connectivity index (χ2n) is 4.93. The molecule has 0 aromatic heterocycles. The van der Waals surface area contributed by atoms with Gasteiger partial charge in [0.15, 0.2) is 0 Å². The third kappa shape index (κ3) is 5.75. The molecule has 3 nitrogen and oxygen atoms in total. The van der Waals surface area contributed by atoms with Crippen molar-refractivity contribution in [2.24, 2.45) is 5.73 Å². The van der Waals surface area contributed by atoms with Crippen molar-refractivity contribution < 1.29 is 17.9 Å². The van der Waals surface area contributed by atoms with Gasteiger partial charge in [-0.25, -0.2) is 0 Å². The second-order valence-corrected chi connectivity index (χ2v) is 6.56. The van der Waals surface area contributed by atoms with E-state index in [4.69, 9.17) is 18.0 Å². The highest BCUT2D eigenvalue weighted by Gasteiger charge is 2.36. The SMILES string of the molecule is CSC1(C(N)=S)CCN(CCCOCC(F)(F)F)CC1. The van der Waals surface area contributed by atoms with Crippen LogP contribution in [0.5, 0.6) is 0 Å². The van der Waals surface area contributed by atoms with Crippen molar-refractivity contribution in [1.82, 2.24) is 4.90 Å². The van der Waals surface area contributed by atoms with E-state index in [1.165, 1.54) is 0 Å². The Balaban J connectivity index is 2.18. The van der Waals surface area contributed by atoms with Gasteiger partial charge in [-0.3, -0.25) is 0 Å². The summed E-state index contributed by atoms with van der Waals surface area (Å²) in [5, 5.41) is 0. The van der Waals surface area contributed by atoms with Crippen LogP contribution >= 0.6 is 24.0 Å². The predicted octanol–water partition coefficient (Wildman–Crippen LogP) is 2.44. The topological polar surface area (TPSA) is 38.5 Å². The Morgan fingerprint density at radius 2 is 2.00 bits per heavy atom. The maximum absolute atomic E-state index is 11.9. The fourth-order valence-electron chi connectivity index (χ4n) is 2.27. The number of nitrogens with zero attached hydrogens (tertiary/aromatic N) is 1. The lowest BCUT2D eigenvalue weighted by Gasteiger charge is -2.40. The van der Waals surface area contributed by atoms with Crippen LogP contribution in [0.25, 0.3) is 0 Å². The first-order valence-corrected chi connectivity index (χ1v) is 8.14. The van der Waals surface area contributed by atoms with E-state index < -0.39 is 12.8 Å². The molecule has 1 rings (SSSR count). The number of alkyl halides is 3. The molecule has 118 valence electrons. The van der Waals surface area contributed by atoms with Gasteiger partial charge in [-0.1, -0.05) is 12.2 Å². The van der Waals surface area contributed by atoms with Gasteiger partial charge in [0, 0.05) is 13.2 Å². The summed E-state index contributed by atoms with van der Waals surface area (Å²) in [5.41, 5.74) is 5.80. The third-order valence-corrected chi connectivity index (χ3v) is 5.46. The fraction of sp³-hybridized carbons (Fsp3) is 0.917. The summed E-state index contributed by atoms with van der Waals surface area (Å²) in [7, 11) is 0. The Morgan fingerprint density at radius 1 is 1.40 bits per heavy atom. The molecule has 0 atom stereocenters. The number of thioether (sulfide) groups is 1. The average Bonchev–Trinajstić information content (AvgIpc) is 2.37. The molecular weight excluding hydrogens is 309 g/mol. The molecule has 0 amide bonds. The van der Waals surface area contributed by atoms with Gasteiger partial charge in [0.25, 0.3) is 0 Å². The van der Waals surface area contributed by atoms with E-state index in [1.807, 2.05) is 6.26 Å². The molecule has 0 aromatic rings. The number of hydrogen-bond donors (Lipinski definition) is 1. The Bertz CT molecular complexity index is 318. The van der Waals surface area contributed by atoms with E-state index in [1.54, 1.807) is 11.8 Å². The minimum atomic E-state index is -4.24. The predicted molar refractivity (Wildman–Crippen MR) is 80.2 cm³/mol. The lowest BCUT2D eigenvalue weighted by atomic mass is 9.95. The highest BCUT2D eigenvalue weighted by Crippen LogP contribution is 2.34. The van der Waals surface area contributed by atoms with Gasteiger partial charge in [-0.2, -0.15) is 24.9 Å². The van der Waals surface area contributed by atoms with Crippen molar-refractivity contribution >= 4 is 29.0 Å². The van der Waals surface area contributed by atoms with Crippen LogP contribution in [0.1, 0.15) is 19.3 Å². The summed E-state index contributed by atoms with van der Waals surface area (Å²) in [4.78, 5) is 2.78. The fourth-order valence-corrected chi connectivity index (χ4v) is 3.51. The number of hydrogen-bond acceptors (Lipinski definition) is 4. The number of thiocarbonyl (C=S) groups is 1. The van der Waals surface area contributed by atoms with Crippen molar-refractivity contribution in [3.8, 4) is 0 Å². The van der Waals surface area contributed by atoms with E-state index in [2.05, 4.69) is 9.64 Å². The van der Waals surface area contributed by atoms with Crippen LogP contribution in [0, 0.1) is 0 Å². The molecule has 20 heavy (non-hydrogen) atoms. The molecule has 1 saturated heterocycles. The summed E-state index contributed by atoms with van der Waals surface area (Å²) in [6.07, 6.45) is 0.176. The number of piperidine rings is 1. The largest absolute Gasteiger partial charge is 0.411 e. The molecule has 0 aliphatic carbocycles. The zero-order valence-corrected chi connectivity index (χ0v) is 13.2. The lowest BCUT2D eigenvalue weighted by Crippen LogP contribution is -2.49. The molecule has 0 spiro atoms. The minimum absolute atomic E-state index is 0.112. The monoisotopic (exact) mass is 330 g/mol. The van der Waals surface area contributed by atoms with Crippen LogP contribution < -0.4 is 5.73 Å². The summed E-state index contributed by atoms with van der Waals surface area (Å²) in [6, 6.07) is 0. The van der Waals surface area contributed by atoms with Crippen molar-refractivity contribution in [2.45, 2.75) is 30.2 Å². The molecule has 0 bridgehead atoms. The first-order chi connectivity index (χ1) is 9.29. The Kier molecular flexibility index (Phi) is 7.03. The van der Waals surface area contributed by atoms with Gasteiger partial charge >= 0.3 is 6.18 Å². The van der Waals surface area contributed by atoms with Gasteiger partial charge in [-0.15, -0.1) is 0 Å². The molecule has 0 unspecified atom stereocenters. The van der Waals surface area contributed by atoms with E-state index in [9.17, 15) is 13.2 Å². The smallest absolute Gasteiger partial charge is 0.392 e. The summed E-state index contributed by atoms with van der Waals surface area (Å²) in [6.45, 7) is 1.47. The van der Waals surface area contributed by atoms with E-state index in [0.717, 1.165) is 32.5 Å². The van der Waals surface area contributed by atoms with Gasteiger partial charge in [-0.05, 0) is 38.6 Å². The average molecular weight is 330 g/mol. The number of ether oxygens (including phenoxy) is 1. The zero-order chi connectivity index (χ0) is 15.2. The lowest BCUT2D eigenvalue weighted by molar-refractivity contribution is -0.174. The standard InChI is InChI=1S/C12H21F3N2OS2/c1-20-11(10(16)19)3-6-17(7-4-11)5-2-8-18-9-12(13,14)15/h2-9H2,1H3,(H2,16,19). The Morgan fingerprint density at radius 3 is 2.45 bits per heavy atom. The normalized spacial score (nSPS) is 20.0. The molecule has 1 fully saturated rings. The molecule has 8 heteroatoms. The van der Waals surface area contributed by atoms with Crippen LogP contribution in [0.3, 0.4) is 0 Å². The highest BCUT2D eigenvalue weighted by molar-refractivity contribution is 8.02. The van der Waals surface area contributed by atoms with Crippen LogP contribution in [0.15, 0.2) is 0 Å². The molecule has 0 saturated carbocycles. The van der Waals surface area contributed by atoms with Crippen molar-refractivity contribution in [3.05, 3.63) is 0 Å². The molecule has 2 N–H and O–H groups in total. The third-order valence-electron chi connectivity index (χ3n) is 3.53. The number of likely N-dealkylation sites (tertiary alicyclic amines) is 1.